The normalized spacial score (nSPS) is 11.5. The zero-order valence-electron chi connectivity index (χ0n) is 11.4. The van der Waals surface area contributed by atoms with Crippen LogP contribution < -0.4 is 22.3 Å². The van der Waals surface area contributed by atoms with Crippen LogP contribution in [0.1, 0.15) is 0 Å². The molecule has 2 heterocycles. The first-order chi connectivity index (χ1) is 10.5. The van der Waals surface area contributed by atoms with E-state index in [1.165, 1.54) is 0 Å². The molecule has 4 aromatic rings. The number of aromatic amines is 2. The van der Waals surface area contributed by atoms with Gasteiger partial charge in [-0.15, -0.1) is 0 Å². The summed E-state index contributed by atoms with van der Waals surface area (Å²) in [5.41, 5.74) is 13.6. The molecule has 2 aromatic heterocycles. The quantitative estimate of drug-likeness (QED) is 0.291. The zero-order chi connectivity index (χ0) is 15.4. The van der Waals surface area contributed by atoms with Gasteiger partial charge in [-0.1, -0.05) is 0 Å². The molecule has 0 atom stereocenters. The van der Waals surface area contributed by atoms with Gasteiger partial charge in [-0.25, -0.2) is 0 Å². The topological polar surface area (TPSA) is 118 Å². The lowest BCUT2D eigenvalue weighted by Crippen LogP contribution is -2.14. The second-order valence-electron chi connectivity index (χ2n) is 5.27. The summed E-state index contributed by atoms with van der Waals surface area (Å²) in [4.78, 5) is 31.3. The predicted octanol–water partition coefficient (Wildman–Crippen LogP) is 1.69. The number of benzene rings is 2. The highest BCUT2D eigenvalue weighted by Crippen LogP contribution is 2.18. The summed E-state index contributed by atoms with van der Waals surface area (Å²) in [6.45, 7) is 0. The van der Waals surface area contributed by atoms with Crippen LogP contribution in [0.2, 0.25) is 0 Å². The van der Waals surface area contributed by atoms with Gasteiger partial charge < -0.3 is 21.4 Å². The maximum Gasteiger partial charge on any atom is 0.213 e. The fourth-order valence-corrected chi connectivity index (χ4v) is 2.72. The van der Waals surface area contributed by atoms with Gasteiger partial charge >= 0.3 is 0 Å². The first-order valence-electron chi connectivity index (χ1n) is 6.71. The highest BCUT2D eigenvalue weighted by atomic mass is 16.1. The van der Waals surface area contributed by atoms with E-state index >= 15 is 0 Å². The molecule has 0 aliphatic heterocycles. The summed E-state index contributed by atoms with van der Waals surface area (Å²) in [6.07, 6.45) is 0. The van der Waals surface area contributed by atoms with Gasteiger partial charge in [0, 0.05) is 22.1 Å². The zero-order valence-corrected chi connectivity index (χ0v) is 11.4. The molecule has 4 rings (SSSR count). The molecule has 0 saturated carbocycles. The van der Waals surface area contributed by atoms with E-state index < -0.39 is 0 Å². The Kier molecular flexibility index (Phi) is 2.33. The SMILES string of the molecule is Nc1ccc2[nH]c3c(=O)c4cc(N)ccc4[nH]c3c(=O)c2c1. The second-order valence-corrected chi connectivity index (χ2v) is 5.27. The molecular weight excluding hydrogens is 280 g/mol. The van der Waals surface area contributed by atoms with Crippen LogP contribution >= 0.6 is 0 Å². The van der Waals surface area contributed by atoms with Gasteiger partial charge in [0.15, 0.2) is 0 Å². The molecular formula is C16H12N4O2. The number of pyridine rings is 2. The second kappa shape index (κ2) is 4.11. The molecule has 6 heteroatoms. The van der Waals surface area contributed by atoms with Gasteiger partial charge in [-0.3, -0.25) is 9.59 Å². The van der Waals surface area contributed by atoms with E-state index in [4.69, 9.17) is 11.5 Å². The van der Waals surface area contributed by atoms with Crippen LogP contribution in [0.5, 0.6) is 0 Å². The molecule has 22 heavy (non-hydrogen) atoms. The Hall–Kier alpha value is -3.28. The molecule has 6 N–H and O–H groups in total. The van der Waals surface area contributed by atoms with Crippen molar-refractivity contribution in [2.75, 3.05) is 11.5 Å². The van der Waals surface area contributed by atoms with Gasteiger partial charge in [-0.2, -0.15) is 0 Å². The van der Waals surface area contributed by atoms with Gasteiger partial charge in [0.2, 0.25) is 10.9 Å². The van der Waals surface area contributed by atoms with Crippen molar-refractivity contribution in [3.63, 3.8) is 0 Å². The minimum atomic E-state index is -0.258. The molecule has 0 aliphatic rings. The Morgan fingerprint density at radius 2 is 1.09 bits per heavy atom. The number of hydrogen-bond acceptors (Lipinski definition) is 4. The van der Waals surface area contributed by atoms with E-state index in [-0.39, 0.29) is 21.9 Å². The summed E-state index contributed by atoms with van der Waals surface area (Å²) in [5, 5.41) is 0.885. The number of aromatic nitrogens is 2. The van der Waals surface area contributed by atoms with Crippen LogP contribution in [0.3, 0.4) is 0 Å². The van der Waals surface area contributed by atoms with Gasteiger partial charge in [0.1, 0.15) is 11.0 Å². The fraction of sp³-hybridized carbons (Fsp3) is 0. The van der Waals surface area contributed by atoms with Crippen molar-refractivity contribution >= 4 is 44.2 Å². The number of rotatable bonds is 0. The van der Waals surface area contributed by atoms with E-state index in [0.29, 0.717) is 33.2 Å². The maximum absolute atomic E-state index is 12.6. The summed E-state index contributed by atoms with van der Waals surface area (Å²) < 4.78 is 0. The van der Waals surface area contributed by atoms with Crippen LogP contribution in [0.15, 0.2) is 46.0 Å². The molecule has 0 spiro atoms. The lowest BCUT2D eigenvalue weighted by atomic mass is 10.1. The van der Waals surface area contributed by atoms with Crippen molar-refractivity contribution in [2.45, 2.75) is 0 Å². The number of nitrogens with one attached hydrogen (secondary N) is 2. The fourth-order valence-electron chi connectivity index (χ4n) is 2.72. The van der Waals surface area contributed by atoms with E-state index in [2.05, 4.69) is 9.97 Å². The van der Waals surface area contributed by atoms with E-state index in [1.807, 2.05) is 0 Å². The number of H-pyrrole nitrogens is 2. The summed E-state index contributed by atoms with van der Waals surface area (Å²) >= 11 is 0. The molecule has 0 aliphatic carbocycles. The Balaban J connectivity index is 2.31. The van der Waals surface area contributed by atoms with E-state index in [1.54, 1.807) is 36.4 Å². The largest absolute Gasteiger partial charge is 0.399 e. The molecule has 0 radical (unpaired) electrons. The van der Waals surface area contributed by atoms with Crippen molar-refractivity contribution in [3.8, 4) is 0 Å². The highest BCUT2D eigenvalue weighted by Gasteiger charge is 2.12. The summed E-state index contributed by atoms with van der Waals surface area (Å²) in [5.74, 6) is 0. The summed E-state index contributed by atoms with van der Waals surface area (Å²) in [6, 6.07) is 9.93. The molecule has 6 nitrogen and oxygen atoms in total. The van der Waals surface area contributed by atoms with Crippen LogP contribution in [0, 0.1) is 0 Å². The van der Waals surface area contributed by atoms with Crippen molar-refractivity contribution < 1.29 is 0 Å². The van der Waals surface area contributed by atoms with Crippen molar-refractivity contribution in [2.24, 2.45) is 0 Å². The number of hydrogen-bond donors (Lipinski definition) is 4. The van der Waals surface area contributed by atoms with Crippen LogP contribution in [-0.2, 0) is 0 Å². The van der Waals surface area contributed by atoms with Crippen LogP contribution in [0.4, 0.5) is 11.4 Å². The average Bonchev–Trinajstić information content (AvgIpc) is 2.50. The van der Waals surface area contributed by atoms with Crippen molar-refractivity contribution in [3.05, 3.63) is 56.8 Å². The third kappa shape index (κ3) is 1.61. The number of nitrogen functional groups attached to an aromatic ring is 2. The van der Waals surface area contributed by atoms with Crippen molar-refractivity contribution in [1.29, 1.82) is 0 Å². The van der Waals surface area contributed by atoms with E-state index in [0.717, 1.165) is 0 Å². The lowest BCUT2D eigenvalue weighted by molar-refractivity contribution is 1.39. The highest BCUT2D eigenvalue weighted by molar-refractivity contribution is 5.97. The molecule has 2 aromatic carbocycles. The van der Waals surface area contributed by atoms with Gasteiger partial charge in [-0.05, 0) is 36.4 Å². The molecule has 0 unspecified atom stereocenters. The number of anilines is 2. The Labute approximate surface area is 123 Å². The third-order valence-electron chi connectivity index (χ3n) is 3.80. The summed E-state index contributed by atoms with van der Waals surface area (Å²) in [7, 11) is 0. The first-order valence-corrected chi connectivity index (χ1v) is 6.71. The Morgan fingerprint density at radius 3 is 1.50 bits per heavy atom. The minimum Gasteiger partial charge on any atom is -0.399 e. The van der Waals surface area contributed by atoms with Crippen molar-refractivity contribution in [1.82, 2.24) is 9.97 Å². The molecule has 0 bridgehead atoms. The average molecular weight is 292 g/mol. The monoisotopic (exact) mass is 292 g/mol. The molecule has 108 valence electrons. The van der Waals surface area contributed by atoms with Crippen LogP contribution in [-0.4, -0.2) is 9.97 Å². The number of fused-ring (bicyclic) bond motifs is 3. The molecule has 0 saturated heterocycles. The molecule has 0 amide bonds. The Bertz CT molecular complexity index is 1090. The smallest absolute Gasteiger partial charge is 0.213 e. The first kappa shape index (κ1) is 12.5. The van der Waals surface area contributed by atoms with Gasteiger partial charge in [0.25, 0.3) is 0 Å². The molecule has 0 fully saturated rings. The maximum atomic E-state index is 12.6. The van der Waals surface area contributed by atoms with Crippen LogP contribution in [0.25, 0.3) is 32.8 Å². The number of nitrogens with two attached hydrogens (primary N) is 2. The van der Waals surface area contributed by atoms with Gasteiger partial charge in [0.05, 0.1) is 11.0 Å². The standard InChI is InChI=1S/C16H12N4O2/c17-7-1-3-11-9(5-7)15(21)14-13(19-11)16(22)10-6-8(18)2-4-12(10)20-14/h1-6H,17-18H2,(H,19,21)(H,20,22). The minimum absolute atomic E-state index is 0.236. The third-order valence-corrected chi connectivity index (χ3v) is 3.80. The Morgan fingerprint density at radius 1 is 0.682 bits per heavy atom. The lowest BCUT2D eigenvalue weighted by Gasteiger charge is -2.06. The van der Waals surface area contributed by atoms with E-state index in [9.17, 15) is 9.59 Å². The predicted molar refractivity (Wildman–Crippen MR) is 89.0 cm³/mol.